The SMILES string of the molecule is CC1C=CC(N(c2ccccc2)c2ccc(-n3c4ccccc4c4c(-c5ccc6c7ccccc7c7ccccc7c6c5)cc5c6ccccc6oc5c43)cc2)=CC1. The number of para-hydroxylation sites is 3. The molecule has 1 atom stereocenters. The smallest absolute Gasteiger partial charge is 0.160 e. The average Bonchev–Trinajstić information content (AvgIpc) is 3.84. The predicted octanol–water partition coefficient (Wildman–Crippen LogP) is 15.4. The van der Waals surface area contributed by atoms with Gasteiger partial charge in [0.2, 0.25) is 0 Å². The van der Waals surface area contributed by atoms with Gasteiger partial charge in [0.1, 0.15) is 5.58 Å². The summed E-state index contributed by atoms with van der Waals surface area (Å²) in [6.45, 7) is 2.27. The monoisotopic (exact) mass is 742 g/mol. The van der Waals surface area contributed by atoms with Crippen LogP contribution in [-0.2, 0) is 0 Å². The van der Waals surface area contributed by atoms with Crippen molar-refractivity contribution in [3.8, 4) is 16.8 Å². The molecule has 0 saturated carbocycles. The van der Waals surface area contributed by atoms with Crippen LogP contribution in [0.2, 0.25) is 0 Å². The fraction of sp³-hybridized carbons (Fsp3) is 0.0545. The minimum Gasteiger partial charge on any atom is -0.454 e. The molecule has 58 heavy (non-hydrogen) atoms. The summed E-state index contributed by atoms with van der Waals surface area (Å²) < 4.78 is 9.31. The number of rotatable bonds is 5. The van der Waals surface area contributed by atoms with E-state index in [0.29, 0.717) is 5.92 Å². The van der Waals surface area contributed by atoms with Crippen molar-refractivity contribution in [3.05, 3.63) is 200 Å². The van der Waals surface area contributed by atoms with Gasteiger partial charge in [-0.3, -0.25) is 0 Å². The number of furan rings is 1. The van der Waals surface area contributed by atoms with Gasteiger partial charge in [-0.1, -0.05) is 134 Å². The van der Waals surface area contributed by atoms with Crippen molar-refractivity contribution in [2.45, 2.75) is 13.3 Å². The molecule has 0 fully saturated rings. The van der Waals surface area contributed by atoms with Crippen molar-refractivity contribution in [2.24, 2.45) is 5.92 Å². The Morgan fingerprint density at radius 3 is 1.84 bits per heavy atom. The summed E-state index contributed by atoms with van der Waals surface area (Å²) in [6, 6.07) is 64.1. The van der Waals surface area contributed by atoms with Crippen molar-refractivity contribution < 1.29 is 4.42 Å². The zero-order chi connectivity index (χ0) is 38.3. The van der Waals surface area contributed by atoms with Crippen LogP contribution in [0.25, 0.3) is 92.9 Å². The Kier molecular flexibility index (Phi) is 7.27. The molecule has 0 spiro atoms. The van der Waals surface area contributed by atoms with Crippen molar-refractivity contribution in [2.75, 3.05) is 4.90 Å². The second kappa shape index (κ2) is 12.8. The highest BCUT2D eigenvalue weighted by Crippen LogP contribution is 2.47. The Morgan fingerprint density at radius 2 is 1.14 bits per heavy atom. The fourth-order valence-corrected chi connectivity index (χ4v) is 9.56. The normalized spacial score (nSPS) is 14.4. The summed E-state index contributed by atoms with van der Waals surface area (Å²) in [4.78, 5) is 2.36. The highest BCUT2D eigenvalue weighted by molar-refractivity contribution is 6.28. The molecule has 3 heteroatoms. The first-order valence-corrected chi connectivity index (χ1v) is 20.2. The molecule has 0 saturated heterocycles. The lowest BCUT2D eigenvalue weighted by atomic mass is 9.90. The van der Waals surface area contributed by atoms with E-state index in [1.807, 2.05) is 0 Å². The first-order chi connectivity index (χ1) is 28.7. The Hall–Kier alpha value is -7.36. The van der Waals surface area contributed by atoms with Crippen molar-refractivity contribution in [3.63, 3.8) is 0 Å². The van der Waals surface area contributed by atoms with Gasteiger partial charge in [-0.25, -0.2) is 0 Å². The van der Waals surface area contributed by atoms with E-state index in [1.54, 1.807) is 0 Å². The number of aromatic nitrogens is 1. The van der Waals surface area contributed by atoms with Gasteiger partial charge < -0.3 is 13.9 Å². The first kappa shape index (κ1) is 32.8. The van der Waals surface area contributed by atoms with Gasteiger partial charge in [0, 0.05) is 44.3 Å². The molecule has 3 nitrogen and oxygen atoms in total. The van der Waals surface area contributed by atoms with Crippen LogP contribution >= 0.6 is 0 Å². The maximum absolute atomic E-state index is 6.89. The number of benzene rings is 9. The molecule has 11 aromatic rings. The third kappa shape index (κ3) is 4.93. The third-order valence-corrected chi connectivity index (χ3v) is 12.3. The summed E-state index contributed by atoms with van der Waals surface area (Å²) in [5.41, 5.74) is 10.9. The summed E-state index contributed by atoms with van der Waals surface area (Å²) in [6.07, 6.45) is 7.96. The molecule has 0 radical (unpaired) electrons. The number of allylic oxidation sites excluding steroid dienone is 3. The Bertz CT molecular complexity index is 3460. The van der Waals surface area contributed by atoms with E-state index in [0.717, 1.165) is 56.5 Å². The quantitative estimate of drug-likeness (QED) is 0.164. The highest BCUT2D eigenvalue weighted by atomic mass is 16.3. The topological polar surface area (TPSA) is 21.3 Å². The van der Waals surface area contributed by atoms with E-state index in [4.69, 9.17) is 4.42 Å². The number of hydrogen-bond acceptors (Lipinski definition) is 2. The molecule has 1 unspecified atom stereocenters. The second-order valence-electron chi connectivity index (χ2n) is 15.7. The summed E-state index contributed by atoms with van der Waals surface area (Å²) >= 11 is 0. The van der Waals surface area contributed by atoms with E-state index in [-0.39, 0.29) is 0 Å². The Labute approximate surface area is 336 Å². The minimum absolute atomic E-state index is 0.535. The summed E-state index contributed by atoms with van der Waals surface area (Å²) in [5, 5.41) is 12.3. The number of hydrogen-bond donors (Lipinski definition) is 0. The van der Waals surface area contributed by atoms with Crippen LogP contribution in [0.4, 0.5) is 11.4 Å². The lowest BCUT2D eigenvalue weighted by molar-refractivity contribution is 0.671. The van der Waals surface area contributed by atoms with Crippen LogP contribution in [0.5, 0.6) is 0 Å². The summed E-state index contributed by atoms with van der Waals surface area (Å²) in [5.74, 6) is 0.535. The Balaban J connectivity index is 1.13. The minimum atomic E-state index is 0.535. The molecule has 1 aliphatic rings. The number of fused-ring (bicyclic) bond motifs is 13. The fourth-order valence-electron chi connectivity index (χ4n) is 9.56. The van der Waals surface area contributed by atoms with E-state index in [1.165, 1.54) is 59.9 Å². The van der Waals surface area contributed by atoms with Gasteiger partial charge in [0.15, 0.2) is 5.58 Å². The molecular weight excluding hydrogens is 705 g/mol. The van der Waals surface area contributed by atoms with Crippen LogP contribution in [0.3, 0.4) is 0 Å². The van der Waals surface area contributed by atoms with Crippen LogP contribution in [-0.4, -0.2) is 4.57 Å². The highest BCUT2D eigenvalue weighted by Gasteiger charge is 2.24. The molecule has 0 aliphatic heterocycles. The molecule has 274 valence electrons. The first-order valence-electron chi connectivity index (χ1n) is 20.2. The van der Waals surface area contributed by atoms with Crippen LogP contribution in [0.15, 0.2) is 204 Å². The predicted molar refractivity (Wildman–Crippen MR) is 246 cm³/mol. The molecule has 2 aromatic heterocycles. The van der Waals surface area contributed by atoms with Crippen LogP contribution < -0.4 is 4.90 Å². The lowest BCUT2D eigenvalue weighted by Crippen LogP contribution is -2.17. The van der Waals surface area contributed by atoms with Gasteiger partial charge in [0.05, 0.1) is 11.0 Å². The van der Waals surface area contributed by atoms with E-state index in [9.17, 15) is 0 Å². The van der Waals surface area contributed by atoms with E-state index >= 15 is 0 Å². The molecule has 12 rings (SSSR count). The largest absolute Gasteiger partial charge is 0.454 e. The van der Waals surface area contributed by atoms with Crippen molar-refractivity contribution in [1.82, 2.24) is 4.57 Å². The van der Waals surface area contributed by atoms with E-state index < -0.39 is 0 Å². The average molecular weight is 743 g/mol. The van der Waals surface area contributed by atoms with Crippen molar-refractivity contribution >= 4 is 87.4 Å². The molecule has 0 N–H and O–H groups in total. The van der Waals surface area contributed by atoms with E-state index in [2.05, 4.69) is 211 Å². The van der Waals surface area contributed by atoms with Crippen LogP contribution in [0, 0.1) is 5.92 Å². The maximum Gasteiger partial charge on any atom is 0.160 e. The van der Waals surface area contributed by atoms with Gasteiger partial charge in [-0.15, -0.1) is 0 Å². The number of anilines is 2. The molecule has 1 aliphatic carbocycles. The van der Waals surface area contributed by atoms with Crippen LogP contribution in [0.1, 0.15) is 13.3 Å². The molecule has 0 amide bonds. The molecule has 0 bridgehead atoms. The van der Waals surface area contributed by atoms with Gasteiger partial charge in [-0.05, 0) is 123 Å². The Morgan fingerprint density at radius 1 is 0.534 bits per heavy atom. The van der Waals surface area contributed by atoms with Gasteiger partial charge >= 0.3 is 0 Å². The standard InChI is InChI=1S/C55H38N2O/c1-35-23-26-38(27-24-35)56(37-13-3-2-4-14-37)39-28-30-40(31-29-39)57-51-21-11-9-20-47(51)53-48(34-50-46-19-10-12-22-52(46)58-55(50)54(53)57)36-25-32-45-43-17-6-5-15-41(43)42-16-7-8-18-44(42)49(45)33-36/h2-23,25-35H,24H2,1H3. The third-order valence-electron chi connectivity index (χ3n) is 12.3. The maximum atomic E-state index is 6.89. The number of nitrogens with zero attached hydrogens (tertiary/aromatic N) is 2. The zero-order valence-electron chi connectivity index (χ0n) is 32.1. The summed E-state index contributed by atoms with van der Waals surface area (Å²) in [7, 11) is 0. The van der Waals surface area contributed by atoms with Gasteiger partial charge in [0.25, 0.3) is 0 Å². The molecule has 9 aromatic carbocycles. The molecular formula is C55H38N2O. The second-order valence-corrected chi connectivity index (χ2v) is 15.7. The zero-order valence-corrected chi connectivity index (χ0v) is 32.1. The molecule has 2 heterocycles. The van der Waals surface area contributed by atoms with Crippen molar-refractivity contribution in [1.29, 1.82) is 0 Å². The van der Waals surface area contributed by atoms with Gasteiger partial charge in [-0.2, -0.15) is 0 Å². The lowest BCUT2D eigenvalue weighted by Gasteiger charge is -2.28.